The van der Waals surface area contributed by atoms with Gasteiger partial charge in [-0.25, -0.2) is 0 Å². The molecule has 0 radical (unpaired) electrons. The van der Waals surface area contributed by atoms with Gasteiger partial charge in [0, 0.05) is 30.9 Å². The maximum Gasteiger partial charge on any atom is 0.152 e. The molecule has 1 aromatic heterocycles. The number of fused-ring (bicyclic) bond motifs is 7. The Bertz CT molecular complexity index is 3030. The highest BCUT2D eigenvalue weighted by Gasteiger charge is 2.30. The van der Waals surface area contributed by atoms with Crippen molar-refractivity contribution in [3.8, 4) is 23.0 Å². The van der Waals surface area contributed by atoms with Crippen LogP contribution in [0.1, 0.15) is 0 Å². The maximum atomic E-state index is 6.67. The Morgan fingerprint density at radius 2 is 0.824 bits per heavy atom. The highest BCUT2D eigenvalue weighted by atomic mass is 32.1. The second-order valence-electron chi connectivity index (χ2n) is 13.3. The fraction of sp³-hybridized carbons (Fsp3) is 0. The lowest BCUT2D eigenvalue weighted by molar-refractivity contribution is 0.477. The Balaban J connectivity index is 1.13. The molecule has 10 aromatic rings. The molecule has 2 aliphatic heterocycles. The van der Waals surface area contributed by atoms with Crippen molar-refractivity contribution in [1.29, 1.82) is 0 Å². The number of hydrogen-bond acceptors (Lipinski definition) is 5. The average molecular weight is 671 g/mol. The molecule has 0 spiro atoms. The van der Waals surface area contributed by atoms with Crippen molar-refractivity contribution in [2.45, 2.75) is 0 Å². The molecule has 0 amide bonds. The highest BCUT2D eigenvalue weighted by molar-refractivity contribution is 7.25. The number of ether oxygens (including phenoxy) is 2. The molecule has 5 heteroatoms. The third kappa shape index (κ3) is 3.73. The van der Waals surface area contributed by atoms with Crippen LogP contribution >= 0.6 is 11.3 Å². The fourth-order valence-electron chi connectivity index (χ4n) is 8.36. The first kappa shape index (κ1) is 27.3. The molecule has 238 valence electrons. The monoisotopic (exact) mass is 670 g/mol. The van der Waals surface area contributed by atoms with Gasteiger partial charge in [0.05, 0.1) is 34.1 Å². The normalized spacial score (nSPS) is 13.3. The van der Waals surface area contributed by atoms with E-state index in [-0.39, 0.29) is 0 Å². The Hall–Kier alpha value is -6.56. The van der Waals surface area contributed by atoms with E-state index in [1.165, 1.54) is 52.5 Å². The Labute approximate surface area is 296 Å². The second-order valence-corrected chi connectivity index (χ2v) is 14.4. The minimum absolute atomic E-state index is 0.849. The first-order chi connectivity index (χ1) is 25.3. The SMILES string of the molecule is c1ccc2c(c1)Oc1ccccc1N2c1ccc2ccc3c(N4c5ccccc5Oc5cc6c(cc54)sc4ccccc46)ccc4ccc1c2c43. The molecule has 0 saturated heterocycles. The summed E-state index contributed by atoms with van der Waals surface area (Å²) < 4.78 is 15.6. The van der Waals surface area contributed by atoms with Crippen LogP contribution in [0.4, 0.5) is 34.1 Å². The van der Waals surface area contributed by atoms with Gasteiger partial charge in [-0.1, -0.05) is 91.0 Å². The third-order valence-corrected chi connectivity index (χ3v) is 11.7. The first-order valence-electron chi connectivity index (χ1n) is 17.2. The van der Waals surface area contributed by atoms with Crippen LogP contribution in [-0.4, -0.2) is 0 Å². The van der Waals surface area contributed by atoms with E-state index in [9.17, 15) is 0 Å². The van der Waals surface area contributed by atoms with Gasteiger partial charge in [-0.3, -0.25) is 0 Å². The van der Waals surface area contributed by atoms with Crippen molar-refractivity contribution in [3.63, 3.8) is 0 Å². The number of nitrogens with zero attached hydrogens (tertiary/aromatic N) is 2. The topological polar surface area (TPSA) is 24.9 Å². The summed E-state index contributed by atoms with van der Waals surface area (Å²) in [6.07, 6.45) is 0. The molecular formula is C46H26N2O2S. The largest absolute Gasteiger partial charge is 0.453 e. The summed E-state index contributed by atoms with van der Waals surface area (Å²) in [4.78, 5) is 4.75. The van der Waals surface area contributed by atoms with Gasteiger partial charge in [0.2, 0.25) is 0 Å². The Morgan fingerprint density at radius 3 is 1.43 bits per heavy atom. The average Bonchev–Trinajstić information content (AvgIpc) is 3.54. The molecule has 0 saturated carbocycles. The molecule has 0 unspecified atom stereocenters. The van der Waals surface area contributed by atoms with Crippen LogP contribution in [0.2, 0.25) is 0 Å². The lowest BCUT2D eigenvalue weighted by atomic mass is 9.91. The summed E-state index contributed by atoms with van der Waals surface area (Å²) in [5.41, 5.74) is 6.39. The number of thiophene rings is 1. The van der Waals surface area contributed by atoms with Crippen molar-refractivity contribution in [1.82, 2.24) is 0 Å². The van der Waals surface area contributed by atoms with E-state index in [1.807, 2.05) is 41.7 Å². The lowest BCUT2D eigenvalue weighted by Crippen LogP contribution is -2.16. The molecule has 3 heterocycles. The zero-order chi connectivity index (χ0) is 33.2. The van der Waals surface area contributed by atoms with Gasteiger partial charge in [0.1, 0.15) is 0 Å². The predicted molar refractivity (Wildman–Crippen MR) is 213 cm³/mol. The van der Waals surface area contributed by atoms with E-state index in [0.29, 0.717) is 0 Å². The van der Waals surface area contributed by atoms with Crippen molar-refractivity contribution in [2.75, 3.05) is 9.80 Å². The van der Waals surface area contributed by atoms with Crippen LogP contribution in [0.15, 0.2) is 158 Å². The van der Waals surface area contributed by atoms with E-state index >= 15 is 0 Å². The second kappa shape index (κ2) is 10.0. The predicted octanol–water partition coefficient (Wildman–Crippen LogP) is 14.1. The van der Waals surface area contributed by atoms with Gasteiger partial charge < -0.3 is 19.3 Å². The smallest absolute Gasteiger partial charge is 0.152 e. The van der Waals surface area contributed by atoms with E-state index in [0.717, 1.165) is 57.1 Å². The van der Waals surface area contributed by atoms with Gasteiger partial charge in [0.15, 0.2) is 23.0 Å². The van der Waals surface area contributed by atoms with Crippen molar-refractivity contribution < 1.29 is 9.47 Å². The quantitative estimate of drug-likeness (QED) is 0.171. The molecule has 0 fully saturated rings. The molecule has 0 N–H and O–H groups in total. The Kier molecular flexibility index (Phi) is 5.35. The Morgan fingerprint density at radius 1 is 0.333 bits per heavy atom. The van der Waals surface area contributed by atoms with Crippen LogP contribution in [0, 0.1) is 0 Å². The first-order valence-corrected chi connectivity index (χ1v) is 18.0. The van der Waals surface area contributed by atoms with Crippen LogP contribution < -0.4 is 19.3 Å². The van der Waals surface area contributed by atoms with E-state index in [4.69, 9.17) is 9.47 Å². The summed E-state index contributed by atoms with van der Waals surface area (Å²) in [6, 6.07) is 56.4. The molecule has 2 aliphatic rings. The number of hydrogen-bond donors (Lipinski definition) is 0. The van der Waals surface area contributed by atoms with Crippen LogP contribution in [0.25, 0.3) is 52.5 Å². The summed E-state index contributed by atoms with van der Waals surface area (Å²) in [5.74, 6) is 3.41. The lowest BCUT2D eigenvalue weighted by Gasteiger charge is -2.34. The summed E-state index contributed by atoms with van der Waals surface area (Å²) >= 11 is 1.83. The van der Waals surface area contributed by atoms with Gasteiger partial charge in [-0.2, -0.15) is 0 Å². The van der Waals surface area contributed by atoms with Crippen molar-refractivity contribution in [2.24, 2.45) is 0 Å². The van der Waals surface area contributed by atoms with Crippen LogP contribution in [-0.2, 0) is 0 Å². The highest BCUT2D eigenvalue weighted by Crippen LogP contribution is 2.56. The molecular weight excluding hydrogens is 645 g/mol. The van der Waals surface area contributed by atoms with Gasteiger partial charge in [-0.05, 0) is 88.3 Å². The number of rotatable bonds is 2. The van der Waals surface area contributed by atoms with Crippen molar-refractivity contribution in [3.05, 3.63) is 158 Å². The van der Waals surface area contributed by atoms with Gasteiger partial charge >= 0.3 is 0 Å². The number of anilines is 6. The number of para-hydroxylation sites is 6. The number of benzene rings is 9. The van der Waals surface area contributed by atoms with Crippen LogP contribution in [0.3, 0.4) is 0 Å². The minimum Gasteiger partial charge on any atom is -0.453 e. The standard InChI is InChI=1S/C46H26N2O2S/c1-8-16-43-29(9-1)32-25-42-38(26-44(32)51-43)48(37-12-4-7-15-41(37)50-42)34-24-20-28-17-21-30-33(23-19-27-18-22-31(34)46(28)45(27)30)47-35-10-2-5-13-39(35)49-40-14-6-3-11-36(40)47/h1-26H. The van der Waals surface area contributed by atoms with Crippen molar-refractivity contribution >= 4 is 98.0 Å². The molecule has 0 atom stereocenters. The molecule has 12 rings (SSSR count). The summed E-state index contributed by atoms with van der Waals surface area (Å²) in [5, 5.41) is 9.83. The molecule has 4 nitrogen and oxygen atoms in total. The van der Waals surface area contributed by atoms with Crippen LogP contribution in [0.5, 0.6) is 23.0 Å². The molecule has 9 aromatic carbocycles. The minimum atomic E-state index is 0.849. The van der Waals surface area contributed by atoms with Gasteiger partial charge in [-0.15, -0.1) is 11.3 Å². The van der Waals surface area contributed by atoms with E-state index in [1.54, 1.807) is 0 Å². The molecule has 0 bridgehead atoms. The van der Waals surface area contributed by atoms with E-state index < -0.39 is 0 Å². The van der Waals surface area contributed by atoms with E-state index in [2.05, 4.69) is 137 Å². The van der Waals surface area contributed by atoms with Gasteiger partial charge in [0.25, 0.3) is 0 Å². The summed E-state index contributed by atoms with van der Waals surface area (Å²) in [6.45, 7) is 0. The zero-order valence-corrected chi connectivity index (χ0v) is 27.9. The summed E-state index contributed by atoms with van der Waals surface area (Å²) in [7, 11) is 0. The fourth-order valence-corrected chi connectivity index (χ4v) is 9.48. The molecule has 0 aliphatic carbocycles. The zero-order valence-electron chi connectivity index (χ0n) is 27.1. The molecule has 51 heavy (non-hydrogen) atoms. The third-order valence-electron chi connectivity index (χ3n) is 10.6. The maximum absolute atomic E-state index is 6.67.